The number of hydrogen-bond donors (Lipinski definition) is 2. The molecule has 0 atom stereocenters. The molecule has 4 aromatic rings. The number of nitrogens with zero attached hydrogens (tertiary/aromatic N) is 1. The van der Waals surface area contributed by atoms with Gasteiger partial charge in [-0.3, -0.25) is 19.2 Å². The lowest BCUT2D eigenvalue weighted by Crippen LogP contribution is -2.33. The van der Waals surface area contributed by atoms with Gasteiger partial charge in [0.05, 0.1) is 11.4 Å². The van der Waals surface area contributed by atoms with E-state index < -0.39 is 28.6 Å². The lowest BCUT2D eigenvalue weighted by atomic mass is 10.0. The highest BCUT2D eigenvalue weighted by molar-refractivity contribution is 6.53. The molecule has 5 rings (SSSR count). The predicted octanol–water partition coefficient (Wildman–Crippen LogP) is 6.40. The summed E-state index contributed by atoms with van der Waals surface area (Å²) in [5.41, 5.74) is 1.12. The van der Waals surface area contributed by atoms with Crippen molar-refractivity contribution >= 4 is 63.8 Å². The van der Waals surface area contributed by atoms with Crippen LogP contribution in [0.1, 0.15) is 26.3 Å². The van der Waals surface area contributed by atoms with Crippen molar-refractivity contribution in [2.45, 2.75) is 0 Å². The maximum absolute atomic E-state index is 14.2. The van der Waals surface area contributed by atoms with Crippen molar-refractivity contribution in [2.24, 2.45) is 0 Å². The molecular formula is C30H18Cl2FN3O4. The Labute approximate surface area is 237 Å². The van der Waals surface area contributed by atoms with Crippen molar-refractivity contribution in [1.82, 2.24) is 0 Å². The standard InChI is InChI=1S/C30H18Cl2FN3O4/c31-19-12-15-23(21(16-19)27(37)17-6-2-1-3-7-17)35-28(38)18-10-13-20(14-11-18)34-26-25(32)29(39)36(30(26)40)24-9-5-4-8-22(24)33/h1-16,34H,(H,35,38). The highest BCUT2D eigenvalue weighted by Crippen LogP contribution is 2.31. The van der Waals surface area contributed by atoms with E-state index in [0.717, 1.165) is 6.07 Å². The van der Waals surface area contributed by atoms with Crippen molar-refractivity contribution in [3.8, 4) is 0 Å². The highest BCUT2D eigenvalue weighted by atomic mass is 35.5. The Balaban J connectivity index is 1.32. The van der Waals surface area contributed by atoms with E-state index in [-0.39, 0.29) is 34.0 Å². The number of anilines is 3. The van der Waals surface area contributed by atoms with E-state index in [1.54, 1.807) is 42.5 Å². The number of para-hydroxylation sites is 1. The van der Waals surface area contributed by atoms with Crippen LogP contribution in [0.3, 0.4) is 0 Å². The SMILES string of the molecule is O=C(Nc1ccc(Cl)cc1C(=O)c1ccccc1)c1ccc(NC2=C(Cl)C(=O)N(c3ccccc3F)C2=O)cc1. The van der Waals surface area contributed by atoms with Gasteiger partial charge >= 0.3 is 0 Å². The molecule has 10 heteroatoms. The number of carbonyl (C=O) groups excluding carboxylic acids is 4. The molecular weight excluding hydrogens is 556 g/mol. The van der Waals surface area contributed by atoms with Gasteiger partial charge in [0, 0.05) is 27.4 Å². The third-order valence-electron chi connectivity index (χ3n) is 6.05. The van der Waals surface area contributed by atoms with E-state index in [9.17, 15) is 23.6 Å². The molecule has 198 valence electrons. The Morgan fingerprint density at radius 1 is 0.750 bits per heavy atom. The van der Waals surface area contributed by atoms with Crippen LogP contribution in [0.2, 0.25) is 5.02 Å². The summed E-state index contributed by atoms with van der Waals surface area (Å²) < 4.78 is 14.2. The molecule has 2 N–H and O–H groups in total. The first-order valence-electron chi connectivity index (χ1n) is 11.9. The Morgan fingerprint density at radius 2 is 1.43 bits per heavy atom. The first-order chi connectivity index (χ1) is 19.2. The quantitative estimate of drug-likeness (QED) is 0.197. The zero-order valence-corrected chi connectivity index (χ0v) is 22.0. The highest BCUT2D eigenvalue weighted by Gasteiger charge is 2.40. The lowest BCUT2D eigenvalue weighted by Gasteiger charge is -2.15. The zero-order chi connectivity index (χ0) is 28.4. The Hall–Kier alpha value is -4.79. The van der Waals surface area contributed by atoms with E-state index >= 15 is 0 Å². The molecule has 0 aliphatic carbocycles. The summed E-state index contributed by atoms with van der Waals surface area (Å²) in [7, 11) is 0. The van der Waals surface area contributed by atoms with Crippen LogP contribution in [-0.2, 0) is 9.59 Å². The summed E-state index contributed by atoms with van der Waals surface area (Å²) >= 11 is 12.2. The Morgan fingerprint density at radius 3 is 2.12 bits per heavy atom. The molecule has 1 aliphatic heterocycles. The van der Waals surface area contributed by atoms with Crippen molar-refractivity contribution in [1.29, 1.82) is 0 Å². The van der Waals surface area contributed by atoms with Gasteiger partial charge in [-0.1, -0.05) is 65.7 Å². The zero-order valence-electron chi connectivity index (χ0n) is 20.5. The van der Waals surface area contributed by atoms with Gasteiger partial charge in [-0.15, -0.1) is 0 Å². The number of halogens is 3. The molecule has 40 heavy (non-hydrogen) atoms. The molecule has 0 aromatic heterocycles. The van der Waals surface area contributed by atoms with Gasteiger partial charge in [0.15, 0.2) is 5.78 Å². The normalized spacial score (nSPS) is 13.0. The average molecular weight is 574 g/mol. The molecule has 3 amide bonds. The molecule has 4 aromatic carbocycles. The minimum Gasteiger partial charge on any atom is -0.350 e. The van der Waals surface area contributed by atoms with Crippen LogP contribution in [0, 0.1) is 5.82 Å². The number of benzene rings is 4. The predicted molar refractivity (Wildman–Crippen MR) is 151 cm³/mol. The van der Waals surface area contributed by atoms with Crippen LogP contribution in [-0.4, -0.2) is 23.5 Å². The third kappa shape index (κ3) is 5.22. The second-order valence-electron chi connectivity index (χ2n) is 8.63. The molecule has 0 unspecified atom stereocenters. The summed E-state index contributed by atoms with van der Waals surface area (Å²) in [6.45, 7) is 0. The van der Waals surface area contributed by atoms with Crippen LogP contribution < -0.4 is 15.5 Å². The lowest BCUT2D eigenvalue weighted by molar-refractivity contribution is -0.120. The maximum Gasteiger partial charge on any atom is 0.283 e. The van der Waals surface area contributed by atoms with Gasteiger partial charge in [-0.05, 0) is 54.6 Å². The molecule has 0 saturated carbocycles. The second kappa shape index (κ2) is 11.1. The second-order valence-corrected chi connectivity index (χ2v) is 9.44. The molecule has 0 fully saturated rings. The Bertz CT molecular complexity index is 1710. The fourth-order valence-corrected chi connectivity index (χ4v) is 4.45. The smallest absolute Gasteiger partial charge is 0.283 e. The monoisotopic (exact) mass is 573 g/mol. The van der Waals surface area contributed by atoms with E-state index in [0.29, 0.717) is 21.2 Å². The number of amides is 3. The summed E-state index contributed by atoms with van der Waals surface area (Å²) in [4.78, 5) is 52.2. The average Bonchev–Trinajstić information content (AvgIpc) is 3.17. The first kappa shape index (κ1) is 26.8. The molecule has 0 radical (unpaired) electrons. The fraction of sp³-hybridized carbons (Fsp3) is 0. The van der Waals surface area contributed by atoms with E-state index in [1.165, 1.54) is 48.5 Å². The number of hydrogen-bond acceptors (Lipinski definition) is 5. The summed E-state index contributed by atoms with van der Waals surface area (Å²) in [6, 6.07) is 24.5. The molecule has 0 saturated heterocycles. The van der Waals surface area contributed by atoms with E-state index in [1.807, 2.05) is 0 Å². The van der Waals surface area contributed by atoms with Crippen LogP contribution in [0.5, 0.6) is 0 Å². The molecule has 1 aliphatic rings. The van der Waals surface area contributed by atoms with Crippen LogP contribution >= 0.6 is 23.2 Å². The molecule has 0 spiro atoms. The van der Waals surface area contributed by atoms with Crippen molar-refractivity contribution in [2.75, 3.05) is 15.5 Å². The van der Waals surface area contributed by atoms with E-state index in [2.05, 4.69) is 10.6 Å². The topological polar surface area (TPSA) is 95.6 Å². The minimum atomic E-state index is -0.862. The number of imide groups is 1. The van der Waals surface area contributed by atoms with E-state index in [4.69, 9.17) is 23.2 Å². The van der Waals surface area contributed by atoms with Gasteiger partial charge < -0.3 is 10.6 Å². The largest absolute Gasteiger partial charge is 0.350 e. The minimum absolute atomic E-state index is 0.216. The first-order valence-corrected chi connectivity index (χ1v) is 12.6. The van der Waals surface area contributed by atoms with Crippen molar-refractivity contribution in [3.63, 3.8) is 0 Å². The van der Waals surface area contributed by atoms with Crippen LogP contribution in [0.15, 0.2) is 108 Å². The van der Waals surface area contributed by atoms with Crippen LogP contribution in [0.25, 0.3) is 0 Å². The number of rotatable bonds is 7. The number of ketones is 1. The van der Waals surface area contributed by atoms with Gasteiger partial charge in [-0.25, -0.2) is 9.29 Å². The van der Waals surface area contributed by atoms with Gasteiger partial charge in [-0.2, -0.15) is 0 Å². The summed E-state index contributed by atoms with van der Waals surface area (Å²) in [5.74, 6) is -3.23. The number of nitrogens with one attached hydrogen (secondary N) is 2. The number of carbonyl (C=O) groups is 4. The molecule has 1 heterocycles. The molecule has 7 nitrogen and oxygen atoms in total. The van der Waals surface area contributed by atoms with Crippen LogP contribution in [0.4, 0.5) is 21.5 Å². The van der Waals surface area contributed by atoms with Gasteiger partial charge in [0.2, 0.25) is 0 Å². The maximum atomic E-state index is 14.2. The van der Waals surface area contributed by atoms with Gasteiger partial charge in [0.25, 0.3) is 17.7 Å². The van der Waals surface area contributed by atoms with Crippen molar-refractivity contribution < 1.29 is 23.6 Å². The summed E-state index contributed by atoms with van der Waals surface area (Å²) in [5, 5.41) is 5.46. The van der Waals surface area contributed by atoms with Crippen molar-refractivity contribution in [3.05, 3.63) is 135 Å². The summed E-state index contributed by atoms with van der Waals surface area (Å²) in [6.07, 6.45) is 0. The fourth-order valence-electron chi connectivity index (χ4n) is 4.07. The third-order valence-corrected chi connectivity index (χ3v) is 6.63. The van der Waals surface area contributed by atoms with Gasteiger partial charge in [0.1, 0.15) is 16.5 Å². The molecule has 0 bridgehead atoms. The Kier molecular flexibility index (Phi) is 7.46.